The Bertz CT molecular complexity index is 1060. The first-order valence-electron chi connectivity index (χ1n) is 9.09. The molecule has 5 N–H and O–H groups in total. The minimum atomic E-state index is -1.80. The summed E-state index contributed by atoms with van der Waals surface area (Å²) in [6, 6.07) is 11.6. The summed E-state index contributed by atoms with van der Waals surface area (Å²) in [5.41, 5.74) is 5.52. The number of aryl methyl sites for hydroxylation is 1. The van der Waals surface area contributed by atoms with Gasteiger partial charge in [0.25, 0.3) is 0 Å². The van der Waals surface area contributed by atoms with E-state index in [0.29, 0.717) is 11.2 Å². The molecule has 0 spiro atoms. The van der Waals surface area contributed by atoms with E-state index in [4.69, 9.17) is 14.7 Å². The summed E-state index contributed by atoms with van der Waals surface area (Å²) in [5, 5.41) is 38.7. The van der Waals surface area contributed by atoms with Crippen LogP contribution in [0.1, 0.15) is 0 Å². The predicted molar refractivity (Wildman–Crippen MR) is 103 cm³/mol. The fourth-order valence-corrected chi connectivity index (χ4v) is 3.21. The largest absolute Gasteiger partial charge is 0.479 e. The van der Waals surface area contributed by atoms with Crippen LogP contribution in [0.4, 0.5) is 5.95 Å². The number of pyridine rings is 1. The zero-order valence-corrected chi connectivity index (χ0v) is 15.8. The second-order valence-electron chi connectivity index (χ2n) is 6.88. The standard InChI is InChI=1S/C19H20N4O7/c1-23-11-7-10(9-5-3-2-4-6-9)8-20-16(11)21-19(23)22-30-18-14(26)12(24)13(25)15(29-18)17(27)28/h2-8,12-15,18,24-26H,1H3,(H,27,28)(H,20,21,22)/t12-,13-,14+,15-,18?/m0/s1. The van der Waals surface area contributed by atoms with Crippen molar-refractivity contribution in [2.45, 2.75) is 30.7 Å². The van der Waals surface area contributed by atoms with Gasteiger partial charge in [-0.2, -0.15) is 4.98 Å². The van der Waals surface area contributed by atoms with Crippen LogP contribution in [0, 0.1) is 0 Å². The number of benzene rings is 1. The lowest BCUT2D eigenvalue weighted by molar-refractivity contribution is -0.287. The smallest absolute Gasteiger partial charge is 0.335 e. The topological polar surface area (TPSA) is 159 Å². The first-order valence-corrected chi connectivity index (χ1v) is 9.09. The molecule has 4 rings (SSSR count). The van der Waals surface area contributed by atoms with Crippen molar-refractivity contribution in [3.05, 3.63) is 42.6 Å². The van der Waals surface area contributed by atoms with E-state index in [0.717, 1.165) is 11.1 Å². The number of anilines is 1. The molecule has 1 aromatic carbocycles. The number of aromatic nitrogens is 3. The van der Waals surface area contributed by atoms with Gasteiger partial charge in [0.1, 0.15) is 18.3 Å². The molecule has 1 saturated heterocycles. The maximum Gasteiger partial charge on any atom is 0.335 e. The summed E-state index contributed by atoms with van der Waals surface area (Å²) >= 11 is 0. The van der Waals surface area contributed by atoms with Crippen molar-refractivity contribution in [3.63, 3.8) is 0 Å². The van der Waals surface area contributed by atoms with Crippen LogP contribution in [0.25, 0.3) is 22.3 Å². The fraction of sp³-hybridized carbons (Fsp3) is 0.316. The summed E-state index contributed by atoms with van der Waals surface area (Å²) in [6.07, 6.45) is -6.86. The van der Waals surface area contributed by atoms with Crippen molar-refractivity contribution in [3.8, 4) is 11.1 Å². The number of aliphatic hydroxyl groups is 3. The number of fused-ring (bicyclic) bond motifs is 1. The monoisotopic (exact) mass is 416 g/mol. The normalized spacial score (nSPS) is 26.6. The van der Waals surface area contributed by atoms with Gasteiger partial charge >= 0.3 is 5.97 Å². The molecule has 2 aromatic heterocycles. The fourth-order valence-electron chi connectivity index (χ4n) is 3.21. The van der Waals surface area contributed by atoms with Gasteiger partial charge in [0.05, 0.1) is 5.52 Å². The molecule has 0 saturated carbocycles. The van der Waals surface area contributed by atoms with Gasteiger partial charge in [0.2, 0.25) is 12.2 Å². The number of rotatable bonds is 5. The molecular formula is C19H20N4O7. The molecule has 0 aliphatic carbocycles. The number of carboxylic acid groups (broad SMARTS) is 1. The maximum atomic E-state index is 11.2. The van der Waals surface area contributed by atoms with Gasteiger partial charge < -0.3 is 29.7 Å². The second kappa shape index (κ2) is 7.97. The Hall–Kier alpha value is -3.09. The average Bonchev–Trinajstić information content (AvgIpc) is 3.07. The molecular weight excluding hydrogens is 396 g/mol. The van der Waals surface area contributed by atoms with E-state index in [9.17, 15) is 20.1 Å². The Morgan fingerprint density at radius 2 is 1.87 bits per heavy atom. The van der Waals surface area contributed by atoms with Crippen molar-refractivity contribution in [1.29, 1.82) is 0 Å². The Balaban J connectivity index is 1.54. The first kappa shape index (κ1) is 20.2. The third-order valence-corrected chi connectivity index (χ3v) is 4.92. The molecule has 0 radical (unpaired) electrons. The van der Waals surface area contributed by atoms with E-state index in [1.807, 2.05) is 36.4 Å². The Kier molecular flexibility index (Phi) is 5.37. The van der Waals surface area contributed by atoms with Crippen LogP contribution in [0.15, 0.2) is 42.6 Å². The highest BCUT2D eigenvalue weighted by Crippen LogP contribution is 2.26. The van der Waals surface area contributed by atoms with Gasteiger partial charge in [0, 0.05) is 18.8 Å². The summed E-state index contributed by atoms with van der Waals surface area (Å²) in [7, 11) is 1.72. The van der Waals surface area contributed by atoms with Gasteiger partial charge in [0.15, 0.2) is 11.8 Å². The summed E-state index contributed by atoms with van der Waals surface area (Å²) in [4.78, 5) is 25.1. The van der Waals surface area contributed by atoms with Crippen LogP contribution in [0.5, 0.6) is 0 Å². The molecule has 158 valence electrons. The predicted octanol–water partition coefficient (Wildman–Crippen LogP) is -0.129. The molecule has 3 heterocycles. The number of aliphatic hydroxyl groups excluding tert-OH is 3. The molecule has 30 heavy (non-hydrogen) atoms. The summed E-state index contributed by atoms with van der Waals surface area (Å²) in [5.74, 6) is -1.28. The number of carbonyl (C=O) groups is 1. The number of nitrogens with one attached hydrogen (secondary N) is 1. The summed E-state index contributed by atoms with van der Waals surface area (Å²) < 4.78 is 6.72. The lowest BCUT2D eigenvalue weighted by Gasteiger charge is -2.37. The molecule has 0 amide bonds. The van der Waals surface area contributed by atoms with Crippen LogP contribution in [0.2, 0.25) is 0 Å². The lowest BCUT2D eigenvalue weighted by Crippen LogP contribution is -2.60. The van der Waals surface area contributed by atoms with Crippen molar-refractivity contribution >= 4 is 23.1 Å². The zero-order chi connectivity index (χ0) is 21.4. The molecule has 5 atom stereocenters. The SMILES string of the molecule is Cn1c(NOC2O[C@H](C(=O)O)[C@@H](O)[C@H](O)[C@H]2O)nc2ncc(-c3ccccc3)cc21. The highest BCUT2D eigenvalue weighted by atomic mass is 16.8. The van der Waals surface area contributed by atoms with Crippen molar-refractivity contribution in [2.24, 2.45) is 7.05 Å². The highest BCUT2D eigenvalue weighted by molar-refractivity contribution is 5.80. The third-order valence-electron chi connectivity index (χ3n) is 4.92. The average molecular weight is 416 g/mol. The summed E-state index contributed by atoms with van der Waals surface area (Å²) in [6.45, 7) is 0. The Morgan fingerprint density at radius 1 is 1.13 bits per heavy atom. The van der Waals surface area contributed by atoms with Gasteiger partial charge in [-0.25, -0.2) is 20.1 Å². The first-order chi connectivity index (χ1) is 14.4. The van der Waals surface area contributed by atoms with E-state index in [-0.39, 0.29) is 5.95 Å². The number of ether oxygens (including phenoxy) is 1. The molecule has 3 aromatic rings. The maximum absolute atomic E-state index is 11.2. The second-order valence-corrected chi connectivity index (χ2v) is 6.88. The molecule has 11 nitrogen and oxygen atoms in total. The van der Waals surface area contributed by atoms with Crippen molar-refractivity contribution in [1.82, 2.24) is 14.5 Å². The number of imidazole rings is 1. The van der Waals surface area contributed by atoms with Crippen LogP contribution in [-0.2, 0) is 21.4 Å². The number of carboxylic acids is 1. The quantitative estimate of drug-likeness (QED) is 0.355. The van der Waals surface area contributed by atoms with Gasteiger partial charge in [-0.1, -0.05) is 30.3 Å². The van der Waals surface area contributed by atoms with Crippen molar-refractivity contribution in [2.75, 3.05) is 5.48 Å². The molecule has 1 aliphatic rings. The number of nitrogens with zero attached hydrogens (tertiary/aromatic N) is 3. The number of hydrogen-bond donors (Lipinski definition) is 5. The molecule has 0 bridgehead atoms. The van der Waals surface area contributed by atoms with Gasteiger partial charge in [-0.15, -0.1) is 0 Å². The van der Waals surface area contributed by atoms with E-state index < -0.39 is 36.7 Å². The van der Waals surface area contributed by atoms with Crippen molar-refractivity contribution < 1.29 is 34.8 Å². The van der Waals surface area contributed by atoms with Crippen LogP contribution in [-0.4, -0.2) is 71.6 Å². The third kappa shape index (κ3) is 3.60. The molecule has 1 unspecified atom stereocenters. The lowest BCUT2D eigenvalue weighted by atomic mass is 9.99. The molecule has 1 fully saturated rings. The van der Waals surface area contributed by atoms with E-state index in [1.165, 1.54) is 0 Å². The van der Waals surface area contributed by atoms with Crippen LogP contribution >= 0.6 is 0 Å². The van der Waals surface area contributed by atoms with Crippen LogP contribution in [0.3, 0.4) is 0 Å². The van der Waals surface area contributed by atoms with Gasteiger partial charge in [-0.05, 0) is 11.6 Å². The number of hydrogen-bond acceptors (Lipinski definition) is 9. The van der Waals surface area contributed by atoms with E-state index in [2.05, 4.69) is 15.4 Å². The minimum Gasteiger partial charge on any atom is -0.479 e. The van der Waals surface area contributed by atoms with E-state index >= 15 is 0 Å². The minimum absolute atomic E-state index is 0.214. The zero-order valence-electron chi connectivity index (χ0n) is 15.8. The molecule has 1 aliphatic heterocycles. The highest BCUT2D eigenvalue weighted by Gasteiger charge is 2.48. The Morgan fingerprint density at radius 3 is 2.57 bits per heavy atom. The molecule has 11 heteroatoms. The van der Waals surface area contributed by atoms with Gasteiger partial charge in [-0.3, -0.25) is 0 Å². The number of aliphatic carboxylic acids is 1. The Labute approximate surface area is 170 Å². The van der Waals surface area contributed by atoms with E-state index in [1.54, 1.807) is 17.8 Å². The van der Waals surface area contributed by atoms with Crippen LogP contribution < -0.4 is 5.48 Å².